The Kier molecular flexibility index (Phi) is 5.72. The van der Waals surface area contributed by atoms with Gasteiger partial charge < -0.3 is 14.2 Å². The Bertz CT molecular complexity index is 1100. The number of aromatic nitrogens is 1. The first-order chi connectivity index (χ1) is 15.0. The highest BCUT2D eigenvalue weighted by Gasteiger charge is 2.35. The third kappa shape index (κ3) is 4.09. The van der Waals surface area contributed by atoms with Crippen molar-refractivity contribution in [2.45, 2.75) is 32.2 Å². The molecule has 1 aromatic heterocycles. The van der Waals surface area contributed by atoms with E-state index in [1.165, 1.54) is 0 Å². The van der Waals surface area contributed by atoms with E-state index in [2.05, 4.69) is 16.7 Å². The average molecular weight is 457 g/mol. The van der Waals surface area contributed by atoms with E-state index in [9.17, 15) is 4.79 Å². The molecule has 0 aliphatic carbocycles. The third-order valence-corrected chi connectivity index (χ3v) is 7.28. The number of carbonyl (C=O) groups is 1. The monoisotopic (exact) mass is 456 g/mol. The Morgan fingerprint density at radius 2 is 1.61 bits per heavy atom. The zero-order chi connectivity index (χ0) is 21.4. The van der Waals surface area contributed by atoms with Gasteiger partial charge in [-0.25, -0.2) is 0 Å². The van der Waals surface area contributed by atoms with Crippen LogP contribution in [-0.2, 0) is 16.1 Å². The molecule has 0 N–H and O–H groups in total. The SMILES string of the molecule is O=C(CCn1c2ccc(Cl)cc2c2cc(Cl)ccc21)N1CC=CCC2(CCOCC2)C1. The fourth-order valence-electron chi connectivity index (χ4n) is 5.08. The number of nitrogens with zero attached hydrogens (tertiary/aromatic N) is 2. The summed E-state index contributed by atoms with van der Waals surface area (Å²) in [5, 5.41) is 3.52. The van der Waals surface area contributed by atoms with Gasteiger partial charge in [0.05, 0.1) is 0 Å². The number of carbonyl (C=O) groups excluding carboxylic acids is 1. The summed E-state index contributed by atoms with van der Waals surface area (Å²) in [6.07, 6.45) is 7.94. The number of hydrogen-bond donors (Lipinski definition) is 0. The highest BCUT2D eigenvalue weighted by Crippen LogP contribution is 2.37. The van der Waals surface area contributed by atoms with Crippen LogP contribution >= 0.6 is 23.2 Å². The zero-order valence-corrected chi connectivity index (χ0v) is 19.0. The molecule has 1 saturated heterocycles. The molecule has 3 aromatic rings. The minimum Gasteiger partial charge on any atom is -0.381 e. The van der Waals surface area contributed by atoms with Crippen molar-refractivity contribution in [1.82, 2.24) is 9.47 Å². The zero-order valence-electron chi connectivity index (χ0n) is 17.4. The summed E-state index contributed by atoms with van der Waals surface area (Å²) in [4.78, 5) is 15.3. The number of allylic oxidation sites excluding steroid dienone is 1. The van der Waals surface area contributed by atoms with Crippen molar-refractivity contribution in [3.8, 4) is 0 Å². The number of hydrogen-bond acceptors (Lipinski definition) is 2. The van der Waals surface area contributed by atoms with E-state index in [1.54, 1.807) is 0 Å². The summed E-state index contributed by atoms with van der Waals surface area (Å²) in [5.41, 5.74) is 2.32. The molecule has 162 valence electrons. The maximum atomic E-state index is 13.3. The highest BCUT2D eigenvalue weighted by molar-refractivity contribution is 6.33. The number of rotatable bonds is 3. The topological polar surface area (TPSA) is 34.5 Å². The molecule has 1 spiro atoms. The van der Waals surface area contributed by atoms with E-state index in [0.717, 1.165) is 60.8 Å². The first-order valence-corrected chi connectivity index (χ1v) is 11.7. The van der Waals surface area contributed by atoms with Gasteiger partial charge in [0.1, 0.15) is 0 Å². The predicted molar refractivity (Wildman–Crippen MR) is 127 cm³/mol. The van der Waals surface area contributed by atoms with Crippen LogP contribution in [0.2, 0.25) is 10.0 Å². The molecule has 31 heavy (non-hydrogen) atoms. The van der Waals surface area contributed by atoms with Gasteiger partial charge in [-0.3, -0.25) is 4.79 Å². The van der Waals surface area contributed by atoms with Crippen molar-refractivity contribution >= 4 is 50.9 Å². The minimum atomic E-state index is 0.168. The van der Waals surface area contributed by atoms with Gasteiger partial charge in [0.2, 0.25) is 5.91 Å². The second kappa shape index (κ2) is 8.50. The lowest BCUT2D eigenvalue weighted by atomic mass is 9.77. The molecule has 0 atom stereocenters. The summed E-state index contributed by atoms with van der Waals surface area (Å²) in [6, 6.07) is 11.8. The van der Waals surface area contributed by atoms with Crippen LogP contribution in [0.1, 0.15) is 25.7 Å². The van der Waals surface area contributed by atoms with Crippen LogP contribution in [0.3, 0.4) is 0 Å². The standard InChI is InChI=1S/C25H26Cl2N2O2/c26-18-3-5-22-20(15-18)21-16-19(27)4-6-23(21)29(22)12-7-24(30)28-11-2-1-8-25(17-28)9-13-31-14-10-25/h1-6,15-16H,7-14,17H2. The van der Waals surface area contributed by atoms with Crippen molar-refractivity contribution in [2.75, 3.05) is 26.3 Å². The number of halogens is 2. The molecule has 1 amide bonds. The summed E-state index contributed by atoms with van der Waals surface area (Å²) < 4.78 is 7.79. The molecule has 0 unspecified atom stereocenters. The quantitative estimate of drug-likeness (QED) is 0.447. The second-order valence-electron chi connectivity index (χ2n) is 8.79. The minimum absolute atomic E-state index is 0.168. The number of amides is 1. The summed E-state index contributed by atoms with van der Waals surface area (Å²) >= 11 is 12.5. The largest absolute Gasteiger partial charge is 0.381 e. The Balaban J connectivity index is 1.40. The Hall–Kier alpha value is -2.01. The molecule has 2 aliphatic heterocycles. The lowest BCUT2D eigenvalue weighted by molar-refractivity contribution is -0.133. The van der Waals surface area contributed by atoms with Crippen molar-refractivity contribution in [1.29, 1.82) is 0 Å². The Morgan fingerprint density at radius 1 is 0.968 bits per heavy atom. The Morgan fingerprint density at radius 3 is 2.26 bits per heavy atom. The summed E-state index contributed by atoms with van der Waals surface area (Å²) in [5.74, 6) is 0.204. The highest BCUT2D eigenvalue weighted by atomic mass is 35.5. The Labute approximate surface area is 192 Å². The van der Waals surface area contributed by atoms with Gasteiger partial charge in [0.15, 0.2) is 0 Å². The van der Waals surface area contributed by atoms with Crippen LogP contribution in [0.25, 0.3) is 21.8 Å². The van der Waals surface area contributed by atoms with Crippen LogP contribution < -0.4 is 0 Å². The molecule has 2 aliphatic rings. The predicted octanol–water partition coefficient (Wildman–Crippen LogP) is 6.08. The summed E-state index contributed by atoms with van der Waals surface area (Å²) in [7, 11) is 0. The van der Waals surface area contributed by atoms with Crippen molar-refractivity contribution in [3.63, 3.8) is 0 Å². The van der Waals surface area contributed by atoms with Crippen LogP contribution in [0.5, 0.6) is 0 Å². The molecule has 0 bridgehead atoms. The maximum absolute atomic E-state index is 13.3. The molecule has 2 aromatic carbocycles. The third-order valence-electron chi connectivity index (χ3n) is 6.81. The number of benzene rings is 2. The van der Waals surface area contributed by atoms with Gasteiger partial charge in [-0.1, -0.05) is 35.4 Å². The summed E-state index contributed by atoms with van der Waals surface area (Å²) in [6.45, 7) is 3.73. The molecule has 0 saturated carbocycles. The van der Waals surface area contributed by atoms with Gasteiger partial charge in [-0.05, 0) is 61.1 Å². The first kappa shape index (κ1) is 20.9. The average Bonchev–Trinajstić information content (AvgIpc) is 2.91. The van der Waals surface area contributed by atoms with E-state index in [4.69, 9.17) is 27.9 Å². The van der Waals surface area contributed by atoms with Crippen molar-refractivity contribution < 1.29 is 9.53 Å². The van der Waals surface area contributed by atoms with Gasteiger partial charge in [-0.2, -0.15) is 0 Å². The molecular weight excluding hydrogens is 431 g/mol. The second-order valence-corrected chi connectivity index (χ2v) is 9.66. The van der Waals surface area contributed by atoms with Gasteiger partial charge >= 0.3 is 0 Å². The molecule has 1 fully saturated rings. The van der Waals surface area contributed by atoms with E-state index in [1.807, 2.05) is 41.3 Å². The molecule has 4 nitrogen and oxygen atoms in total. The molecule has 6 heteroatoms. The maximum Gasteiger partial charge on any atom is 0.224 e. The van der Waals surface area contributed by atoms with Crippen molar-refractivity contribution in [3.05, 3.63) is 58.6 Å². The van der Waals surface area contributed by atoms with Gasteiger partial charge in [0, 0.05) is 71.1 Å². The van der Waals surface area contributed by atoms with E-state index in [-0.39, 0.29) is 11.3 Å². The van der Waals surface area contributed by atoms with Crippen LogP contribution in [0.15, 0.2) is 48.6 Å². The van der Waals surface area contributed by atoms with Gasteiger partial charge in [0.25, 0.3) is 0 Å². The molecule has 0 radical (unpaired) electrons. The molecule has 3 heterocycles. The lowest BCUT2D eigenvalue weighted by Gasteiger charge is -2.39. The molecule has 5 rings (SSSR count). The molecular formula is C25H26Cl2N2O2. The van der Waals surface area contributed by atoms with E-state index in [0.29, 0.717) is 29.6 Å². The number of ether oxygens (including phenoxy) is 1. The van der Waals surface area contributed by atoms with Crippen LogP contribution in [0.4, 0.5) is 0 Å². The van der Waals surface area contributed by atoms with E-state index >= 15 is 0 Å². The lowest BCUT2D eigenvalue weighted by Crippen LogP contribution is -2.43. The normalized spacial score (nSPS) is 18.7. The van der Waals surface area contributed by atoms with Crippen LogP contribution in [-0.4, -0.2) is 41.7 Å². The van der Waals surface area contributed by atoms with Crippen molar-refractivity contribution in [2.24, 2.45) is 5.41 Å². The van der Waals surface area contributed by atoms with Crippen LogP contribution in [0, 0.1) is 5.41 Å². The smallest absolute Gasteiger partial charge is 0.224 e. The fraction of sp³-hybridized carbons (Fsp3) is 0.400. The number of aryl methyl sites for hydroxylation is 1. The first-order valence-electron chi connectivity index (χ1n) is 10.9. The fourth-order valence-corrected chi connectivity index (χ4v) is 5.42. The van der Waals surface area contributed by atoms with Gasteiger partial charge in [-0.15, -0.1) is 0 Å². The number of fused-ring (bicyclic) bond motifs is 3. The van der Waals surface area contributed by atoms with E-state index < -0.39 is 0 Å².